The normalized spacial score (nSPS) is 49.2. The Labute approximate surface area is 151 Å². The highest BCUT2D eigenvalue weighted by Crippen LogP contribution is 2.63. The Morgan fingerprint density at radius 3 is 2.64 bits per heavy atom. The molecule has 7 atom stereocenters. The average Bonchev–Trinajstić information content (AvgIpc) is 2.53. The van der Waals surface area contributed by atoms with E-state index < -0.39 is 0 Å². The minimum atomic E-state index is -0.228. The number of carbonyl (C=O) groups is 2. The van der Waals surface area contributed by atoms with Crippen molar-refractivity contribution in [2.75, 3.05) is 0 Å². The van der Waals surface area contributed by atoms with Crippen molar-refractivity contribution in [3.8, 4) is 0 Å². The van der Waals surface area contributed by atoms with Crippen molar-refractivity contribution in [2.24, 2.45) is 29.1 Å². The van der Waals surface area contributed by atoms with Crippen LogP contribution in [-0.2, 0) is 19.1 Å². The van der Waals surface area contributed by atoms with E-state index >= 15 is 0 Å². The largest absolute Gasteiger partial charge is 0.463 e. The first-order valence-corrected chi connectivity index (χ1v) is 10.2. The van der Waals surface area contributed by atoms with E-state index in [-0.39, 0.29) is 23.6 Å². The molecule has 1 unspecified atom stereocenters. The lowest BCUT2D eigenvalue weighted by atomic mass is 9.46. The van der Waals surface area contributed by atoms with E-state index in [0.717, 1.165) is 31.6 Å². The van der Waals surface area contributed by atoms with E-state index in [4.69, 9.17) is 9.47 Å². The molecule has 3 aliphatic carbocycles. The van der Waals surface area contributed by atoms with Crippen LogP contribution >= 0.6 is 0 Å². The van der Waals surface area contributed by atoms with Crippen LogP contribution < -0.4 is 0 Å². The third-order valence-corrected chi connectivity index (χ3v) is 8.29. The Hall–Kier alpha value is -1.06. The standard InChI is InChI=1S/C21H32O4/c1-13(22)24-15-8-10-20(2)14(12-15)4-5-16-17(20)9-11-21(3)18(16)6-7-19(23)25-21/h14-18H,4-12H2,1-3H3/t14?,15-,16+,17-,18-,20-,21-/m0/s1. The van der Waals surface area contributed by atoms with Gasteiger partial charge in [0.15, 0.2) is 0 Å². The Morgan fingerprint density at radius 1 is 1.08 bits per heavy atom. The average molecular weight is 348 g/mol. The molecule has 0 aromatic carbocycles. The zero-order valence-corrected chi connectivity index (χ0v) is 15.9. The van der Waals surface area contributed by atoms with Crippen LogP contribution in [0.15, 0.2) is 0 Å². The van der Waals surface area contributed by atoms with Gasteiger partial charge in [0.1, 0.15) is 11.7 Å². The van der Waals surface area contributed by atoms with Crippen LogP contribution in [0.4, 0.5) is 0 Å². The molecule has 0 bridgehead atoms. The second-order valence-electron chi connectivity index (χ2n) is 9.53. The molecule has 4 heteroatoms. The molecular weight excluding hydrogens is 316 g/mol. The molecule has 3 saturated carbocycles. The maximum Gasteiger partial charge on any atom is 0.306 e. The summed E-state index contributed by atoms with van der Waals surface area (Å²) in [5.41, 5.74) is 0.136. The van der Waals surface area contributed by atoms with Gasteiger partial charge in [-0.25, -0.2) is 0 Å². The summed E-state index contributed by atoms with van der Waals surface area (Å²) in [4.78, 5) is 23.2. The lowest BCUT2D eigenvalue weighted by molar-refractivity contribution is -0.205. The van der Waals surface area contributed by atoms with Crippen molar-refractivity contribution in [1.29, 1.82) is 0 Å². The Morgan fingerprint density at radius 2 is 1.88 bits per heavy atom. The van der Waals surface area contributed by atoms with E-state index in [9.17, 15) is 9.59 Å². The van der Waals surface area contributed by atoms with Gasteiger partial charge in [0.25, 0.3) is 0 Å². The lowest BCUT2D eigenvalue weighted by Gasteiger charge is -2.61. The van der Waals surface area contributed by atoms with Crippen molar-refractivity contribution in [1.82, 2.24) is 0 Å². The third kappa shape index (κ3) is 2.80. The summed E-state index contributed by atoms with van der Waals surface area (Å²) < 4.78 is 11.4. The molecule has 1 heterocycles. The topological polar surface area (TPSA) is 52.6 Å². The summed E-state index contributed by atoms with van der Waals surface area (Å²) in [6.45, 7) is 6.20. The van der Waals surface area contributed by atoms with Gasteiger partial charge >= 0.3 is 11.9 Å². The number of hydrogen-bond acceptors (Lipinski definition) is 4. The van der Waals surface area contributed by atoms with Crippen LogP contribution in [0.1, 0.15) is 78.6 Å². The molecule has 0 radical (unpaired) electrons. The minimum absolute atomic E-state index is 0.000938. The molecule has 4 rings (SSSR count). The molecule has 4 nitrogen and oxygen atoms in total. The zero-order valence-electron chi connectivity index (χ0n) is 15.9. The van der Waals surface area contributed by atoms with E-state index in [1.807, 2.05) is 0 Å². The Kier molecular flexibility index (Phi) is 4.16. The fraction of sp³-hybridized carbons (Fsp3) is 0.905. The molecule has 4 fully saturated rings. The zero-order chi connectivity index (χ0) is 17.8. The maximum atomic E-state index is 11.8. The molecule has 1 saturated heterocycles. The predicted octanol–water partition coefficient (Wildman–Crippen LogP) is 4.26. The molecule has 0 aromatic heterocycles. The van der Waals surface area contributed by atoms with Gasteiger partial charge < -0.3 is 9.47 Å². The van der Waals surface area contributed by atoms with Gasteiger partial charge in [-0.2, -0.15) is 0 Å². The van der Waals surface area contributed by atoms with E-state index in [1.165, 1.54) is 32.6 Å². The summed E-state index contributed by atoms with van der Waals surface area (Å²) in [5, 5.41) is 0. The first-order valence-electron chi connectivity index (χ1n) is 10.2. The number of hydrogen-bond donors (Lipinski definition) is 0. The number of esters is 2. The van der Waals surface area contributed by atoms with Gasteiger partial charge in [-0.1, -0.05) is 6.92 Å². The first kappa shape index (κ1) is 17.4. The predicted molar refractivity (Wildman–Crippen MR) is 93.7 cm³/mol. The molecule has 25 heavy (non-hydrogen) atoms. The van der Waals surface area contributed by atoms with Gasteiger partial charge in [0, 0.05) is 19.3 Å². The van der Waals surface area contributed by atoms with Crippen LogP contribution in [-0.4, -0.2) is 23.6 Å². The molecule has 1 aliphatic heterocycles. The number of ether oxygens (including phenoxy) is 2. The summed E-state index contributed by atoms with van der Waals surface area (Å²) in [7, 11) is 0. The van der Waals surface area contributed by atoms with Crippen LogP contribution in [0.2, 0.25) is 0 Å². The highest BCUT2D eigenvalue weighted by Gasteiger charge is 2.59. The second-order valence-corrected chi connectivity index (χ2v) is 9.53. The quantitative estimate of drug-likeness (QED) is 0.665. The molecule has 4 aliphatic rings. The SMILES string of the molecule is CC(=O)O[C@H]1CC[C@@]2(C)C(CC[C@@H]3[C@@H]2CC[C@]2(C)OC(=O)CC[C@@H]32)C1. The Bertz CT molecular complexity index is 572. The number of carbonyl (C=O) groups excluding carboxylic acids is 2. The van der Waals surface area contributed by atoms with Crippen molar-refractivity contribution in [3.05, 3.63) is 0 Å². The molecule has 0 spiro atoms. The molecule has 0 N–H and O–H groups in total. The van der Waals surface area contributed by atoms with Gasteiger partial charge in [-0.05, 0) is 81.5 Å². The summed E-state index contributed by atoms with van der Waals surface area (Å²) >= 11 is 0. The van der Waals surface area contributed by atoms with Gasteiger partial charge in [0.05, 0.1) is 0 Å². The van der Waals surface area contributed by atoms with Crippen LogP contribution in [0.5, 0.6) is 0 Å². The second kappa shape index (κ2) is 5.99. The number of fused-ring (bicyclic) bond motifs is 5. The van der Waals surface area contributed by atoms with Crippen molar-refractivity contribution in [2.45, 2.75) is 90.3 Å². The minimum Gasteiger partial charge on any atom is -0.463 e. The van der Waals surface area contributed by atoms with Gasteiger partial charge in [0.2, 0.25) is 0 Å². The third-order valence-electron chi connectivity index (χ3n) is 8.29. The van der Waals surface area contributed by atoms with E-state index in [2.05, 4.69) is 13.8 Å². The lowest BCUT2D eigenvalue weighted by Crippen LogP contribution is -2.58. The highest BCUT2D eigenvalue weighted by atomic mass is 16.6. The van der Waals surface area contributed by atoms with Gasteiger partial charge in [-0.3, -0.25) is 9.59 Å². The van der Waals surface area contributed by atoms with Crippen LogP contribution in [0, 0.1) is 29.1 Å². The van der Waals surface area contributed by atoms with Crippen molar-refractivity contribution >= 4 is 11.9 Å². The Balaban J connectivity index is 1.53. The van der Waals surface area contributed by atoms with Gasteiger partial charge in [-0.15, -0.1) is 0 Å². The molecular formula is C21H32O4. The number of rotatable bonds is 1. The monoisotopic (exact) mass is 348 g/mol. The summed E-state index contributed by atoms with van der Waals surface area (Å²) in [6, 6.07) is 0. The van der Waals surface area contributed by atoms with E-state index in [1.54, 1.807) is 0 Å². The first-order chi connectivity index (χ1) is 11.8. The fourth-order valence-electron chi connectivity index (χ4n) is 7.08. The fourth-order valence-corrected chi connectivity index (χ4v) is 7.08. The molecule has 0 amide bonds. The summed E-state index contributed by atoms with van der Waals surface area (Å²) in [6.07, 6.45) is 9.60. The smallest absolute Gasteiger partial charge is 0.306 e. The molecule has 0 aromatic rings. The van der Waals surface area contributed by atoms with Crippen LogP contribution in [0.25, 0.3) is 0 Å². The molecule has 140 valence electrons. The highest BCUT2D eigenvalue weighted by molar-refractivity contribution is 5.71. The van der Waals surface area contributed by atoms with Crippen molar-refractivity contribution < 1.29 is 19.1 Å². The maximum absolute atomic E-state index is 11.8. The van der Waals surface area contributed by atoms with Crippen molar-refractivity contribution in [3.63, 3.8) is 0 Å². The summed E-state index contributed by atoms with van der Waals surface area (Å²) in [5.74, 6) is 2.49. The van der Waals surface area contributed by atoms with E-state index in [0.29, 0.717) is 29.6 Å². The van der Waals surface area contributed by atoms with Crippen LogP contribution in [0.3, 0.4) is 0 Å².